The van der Waals surface area contributed by atoms with Crippen LogP contribution in [0.5, 0.6) is 11.5 Å². The summed E-state index contributed by atoms with van der Waals surface area (Å²) in [5.74, 6) is 1.72. The third-order valence-corrected chi connectivity index (χ3v) is 5.36. The molecule has 0 aliphatic heterocycles. The molecule has 0 aliphatic carbocycles. The third-order valence-electron chi connectivity index (χ3n) is 5.36. The molecule has 0 aromatic heterocycles. The smallest absolute Gasteiger partial charge is 0.127 e. The molecule has 0 aliphatic rings. The van der Waals surface area contributed by atoms with Crippen molar-refractivity contribution in [2.75, 3.05) is 0 Å². The van der Waals surface area contributed by atoms with Crippen molar-refractivity contribution in [3.8, 4) is 33.8 Å². The largest absolute Gasteiger partial charge is 0.457 e. The first-order valence-corrected chi connectivity index (χ1v) is 10.0. The van der Waals surface area contributed by atoms with E-state index in [1.807, 2.05) is 12.1 Å². The van der Waals surface area contributed by atoms with Crippen molar-refractivity contribution in [1.82, 2.24) is 0 Å². The van der Waals surface area contributed by atoms with E-state index in [2.05, 4.69) is 100 Å². The monoisotopic (exact) mass is 378 g/mol. The molecule has 0 spiro atoms. The van der Waals surface area contributed by atoms with Gasteiger partial charge >= 0.3 is 0 Å². The minimum absolute atomic E-state index is 0.862. The predicted octanol–water partition coefficient (Wildman–Crippen LogP) is 8.05. The van der Waals surface area contributed by atoms with Crippen LogP contribution < -0.4 is 4.74 Å². The Labute approximate surface area is 173 Å². The number of rotatable bonds is 4. The second-order valence-electron chi connectivity index (χ2n) is 7.79. The van der Waals surface area contributed by atoms with Crippen LogP contribution in [0.4, 0.5) is 0 Å². The molecule has 0 unspecified atom stereocenters. The molecule has 0 amide bonds. The normalized spacial score (nSPS) is 10.8. The Morgan fingerprint density at radius 3 is 1.17 bits per heavy atom. The first-order valence-electron chi connectivity index (χ1n) is 10.0. The molecule has 0 N–H and O–H groups in total. The van der Waals surface area contributed by atoms with Crippen LogP contribution in [0.2, 0.25) is 0 Å². The van der Waals surface area contributed by atoms with Gasteiger partial charge in [-0.15, -0.1) is 0 Å². The van der Waals surface area contributed by atoms with Gasteiger partial charge in [-0.25, -0.2) is 0 Å². The Bertz CT molecular complexity index is 1040. The molecule has 1 heteroatoms. The lowest BCUT2D eigenvalue weighted by Crippen LogP contribution is -1.90. The van der Waals surface area contributed by atoms with E-state index >= 15 is 0 Å². The maximum absolute atomic E-state index is 6.16. The fraction of sp³-hybridized carbons (Fsp3) is 0.143. The van der Waals surface area contributed by atoms with Crippen molar-refractivity contribution in [2.45, 2.75) is 27.7 Å². The van der Waals surface area contributed by atoms with Crippen molar-refractivity contribution in [2.24, 2.45) is 0 Å². The van der Waals surface area contributed by atoms with Crippen molar-refractivity contribution in [3.05, 3.63) is 107 Å². The van der Waals surface area contributed by atoms with Crippen LogP contribution in [0.15, 0.2) is 84.9 Å². The maximum atomic E-state index is 6.16. The summed E-state index contributed by atoms with van der Waals surface area (Å²) in [7, 11) is 0. The molecule has 0 atom stereocenters. The van der Waals surface area contributed by atoms with E-state index in [1.54, 1.807) is 0 Å². The molecule has 4 aromatic rings. The van der Waals surface area contributed by atoms with E-state index in [0.29, 0.717) is 0 Å². The van der Waals surface area contributed by atoms with Gasteiger partial charge in [-0.05, 0) is 85.3 Å². The van der Waals surface area contributed by atoms with E-state index in [0.717, 1.165) is 11.5 Å². The molecule has 0 saturated carbocycles. The second-order valence-corrected chi connectivity index (χ2v) is 7.79. The van der Waals surface area contributed by atoms with E-state index in [1.165, 1.54) is 44.5 Å². The predicted molar refractivity (Wildman–Crippen MR) is 123 cm³/mol. The maximum Gasteiger partial charge on any atom is 0.127 e. The average Bonchev–Trinajstić information content (AvgIpc) is 2.70. The van der Waals surface area contributed by atoms with Gasteiger partial charge in [0, 0.05) is 0 Å². The zero-order chi connectivity index (χ0) is 20.4. The van der Waals surface area contributed by atoms with Gasteiger partial charge in [-0.1, -0.05) is 71.8 Å². The minimum Gasteiger partial charge on any atom is -0.457 e. The molecular weight excluding hydrogens is 352 g/mol. The number of hydrogen-bond donors (Lipinski definition) is 0. The van der Waals surface area contributed by atoms with E-state index < -0.39 is 0 Å². The lowest BCUT2D eigenvalue weighted by atomic mass is 9.99. The van der Waals surface area contributed by atoms with Crippen LogP contribution in [-0.4, -0.2) is 0 Å². The fourth-order valence-electron chi connectivity index (χ4n) is 3.65. The number of aryl methyl sites for hydroxylation is 4. The highest BCUT2D eigenvalue weighted by Crippen LogP contribution is 2.32. The summed E-state index contributed by atoms with van der Waals surface area (Å²) in [6, 6.07) is 29.9. The molecular formula is C28H26O. The number of hydrogen-bond acceptors (Lipinski definition) is 1. The van der Waals surface area contributed by atoms with E-state index in [9.17, 15) is 0 Å². The average molecular weight is 379 g/mol. The topological polar surface area (TPSA) is 9.23 Å². The van der Waals surface area contributed by atoms with E-state index in [4.69, 9.17) is 4.74 Å². The van der Waals surface area contributed by atoms with Gasteiger partial charge in [0.2, 0.25) is 0 Å². The highest BCUT2D eigenvalue weighted by atomic mass is 16.5. The van der Waals surface area contributed by atoms with Crippen molar-refractivity contribution >= 4 is 0 Å². The van der Waals surface area contributed by atoms with Gasteiger partial charge in [0.05, 0.1) is 0 Å². The molecule has 0 heterocycles. The van der Waals surface area contributed by atoms with Crippen LogP contribution in [-0.2, 0) is 0 Å². The molecule has 0 fully saturated rings. The standard InChI is InChI=1S/C28H26O/c1-19-5-9-23(10-6-19)27-15-13-25(17-21(27)3)29-26-14-16-28(22(4)18-26)24-11-7-20(2)8-12-24/h5-18H,1-4H3. The lowest BCUT2D eigenvalue weighted by Gasteiger charge is -2.13. The van der Waals surface area contributed by atoms with E-state index in [-0.39, 0.29) is 0 Å². The van der Waals surface area contributed by atoms with Gasteiger partial charge in [0.1, 0.15) is 11.5 Å². The highest BCUT2D eigenvalue weighted by molar-refractivity contribution is 5.70. The number of ether oxygens (including phenoxy) is 1. The Balaban J connectivity index is 1.56. The molecule has 1 nitrogen and oxygen atoms in total. The molecule has 0 bridgehead atoms. The Morgan fingerprint density at radius 1 is 0.448 bits per heavy atom. The Hall–Kier alpha value is -3.32. The Morgan fingerprint density at radius 2 is 0.828 bits per heavy atom. The number of benzene rings is 4. The summed E-state index contributed by atoms with van der Waals surface area (Å²) in [6.07, 6.45) is 0. The summed E-state index contributed by atoms with van der Waals surface area (Å²) in [5, 5.41) is 0. The first kappa shape index (κ1) is 19.0. The molecule has 0 radical (unpaired) electrons. The quantitative estimate of drug-likeness (QED) is 0.349. The molecule has 4 rings (SSSR count). The molecule has 0 saturated heterocycles. The first-order chi connectivity index (χ1) is 14.0. The molecule has 4 aromatic carbocycles. The summed E-state index contributed by atoms with van der Waals surface area (Å²) in [4.78, 5) is 0. The van der Waals surface area contributed by atoms with Crippen LogP contribution >= 0.6 is 0 Å². The SMILES string of the molecule is Cc1ccc(-c2ccc(Oc3ccc(-c4ccc(C)cc4)c(C)c3)cc2C)cc1. The molecule has 144 valence electrons. The Kier molecular flexibility index (Phi) is 5.22. The third kappa shape index (κ3) is 4.25. The van der Waals surface area contributed by atoms with Crippen LogP contribution in [0.3, 0.4) is 0 Å². The summed E-state index contributed by atoms with van der Waals surface area (Å²) >= 11 is 0. The zero-order valence-electron chi connectivity index (χ0n) is 17.5. The van der Waals surface area contributed by atoms with Gasteiger partial charge in [-0.3, -0.25) is 0 Å². The van der Waals surface area contributed by atoms with Gasteiger partial charge < -0.3 is 4.74 Å². The van der Waals surface area contributed by atoms with Crippen molar-refractivity contribution in [1.29, 1.82) is 0 Å². The fourth-order valence-corrected chi connectivity index (χ4v) is 3.65. The lowest BCUT2D eigenvalue weighted by molar-refractivity contribution is 0.482. The summed E-state index contributed by atoms with van der Waals surface area (Å²) in [6.45, 7) is 8.49. The molecule has 29 heavy (non-hydrogen) atoms. The minimum atomic E-state index is 0.862. The highest BCUT2D eigenvalue weighted by Gasteiger charge is 2.07. The van der Waals surface area contributed by atoms with Gasteiger partial charge in [0.25, 0.3) is 0 Å². The van der Waals surface area contributed by atoms with Gasteiger partial charge in [-0.2, -0.15) is 0 Å². The summed E-state index contributed by atoms with van der Waals surface area (Å²) < 4.78 is 6.16. The van der Waals surface area contributed by atoms with Crippen molar-refractivity contribution < 1.29 is 4.74 Å². The van der Waals surface area contributed by atoms with Crippen LogP contribution in [0, 0.1) is 27.7 Å². The van der Waals surface area contributed by atoms with Crippen LogP contribution in [0.25, 0.3) is 22.3 Å². The second kappa shape index (κ2) is 7.97. The zero-order valence-corrected chi connectivity index (χ0v) is 17.5. The van der Waals surface area contributed by atoms with Crippen molar-refractivity contribution in [3.63, 3.8) is 0 Å². The van der Waals surface area contributed by atoms with Gasteiger partial charge in [0.15, 0.2) is 0 Å². The van der Waals surface area contributed by atoms with Crippen LogP contribution in [0.1, 0.15) is 22.3 Å². The summed E-state index contributed by atoms with van der Waals surface area (Å²) in [5.41, 5.74) is 9.91.